The Bertz CT molecular complexity index is 808. The van der Waals surface area contributed by atoms with Crippen molar-refractivity contribution in [2.75, 3.05) is 6.54 Å². The molecular weight excluding hydrogens is 332 g/mol. The minimum atomic E-state index is 0.600. The standard InChI is InChI=1S/C19H20N4OS/c1-4-20-5-2-15(1)13-24-14-17-10-21-9-16-11-23(7-3-18(16)17)12-19-22-6-8-25-19/h1-2,4-6,8-10H,3,7,11-14H2. The molecule has 4 rings (SSSR count). The Balaban J connectivity index is 1.39. The van der Waals surface area contributed by atoms with Crippen molar-refractivity contribution in [3.05, 3.63) is 75.8 Å². The van der Waals surface area contributed by atoms with Gasteiger partial charge in [0.25, 0.3) is 0 Å². The Morgan fingerprint density at radius 3 is 2.84 bits per heavy atom. The molecule has 25 heavy (non-hydrogen) atoms. The van der Waals surface area contributed by atoms with Crippen LogP contribution >= 0.6 is 11.3 Å². The first-order valence-corrected chi connectivity index (χ1v) is 9.28. The molecule has 128 valence electrons. The molecule has 0 saturated carbocycles. The molecule has 3 aromatic rings. The van der Waals surface area contributed by atoms with Crippen LogP contribution in [0.1, 0.15) is 27.3 Å². The fourth-order valence-corrected chi connectivity index (χ4v) is 3.82. The van der Waals surface area contributed by atoms with Gasteiger partial charge in [-0.05, 0) is 40.8 Å². The summed E-state index contributed by atoms with van der Waals surface area (Å²) in [5, 5.41) is 3.21. The van der Waals surface area contributed by atoms with Crippen molar-refractivity contribution in [1.82, 2.24) is 19.9 Å². The van der Waals surface area contributed by atoms with E-state index in [1.165, 1.54) is 21.7 Å². The van der Waals surface area contributed by atoms with E-state index in [9.17, 15) is 0 Å². The highest BCUT2D eigenvalue weighted by atomic mass is 32.1. The molecule has 0 aliphatic carbocycles. The number of nitrogens with zero attached hydrogens (tertiary/aromatic N) is 4. The van der Waals surface area contributed by atoms with Crippen LogP contribution in [0.5, 0.6) is 0 Å². The van der Waals surface area contributed by atoms with E-state index in [1.807, 2.05) is 36.1 Å². The van der Waals surface area contributed by atoms with Crippen LogP contribution in [0.4, 0.5) is 0 Å². The van der Waals surface area contributed by atoms with Crippen molar-refractivity contribution in [2.45, 2.75) is 32.7 Å². The lowest BCUT2D eigenvalue weighted by molar-refractivity contribution is 0.105. The summed E-state index contributed by atoms with van der Waals surface area (Å²) in [5.41, 5.74) is 5.07. The lowest BCUT2D eigenvalue weighted by atomic mass is 9.97. The van der Waals surface area contributed by atoms with Crippen LogP contribution in [0.15, 0.2) is 48.5 Å². The van der Waals surface area contributed by atoms with Gasteiger partial charge in [0.05, 0.1) is 19.8 Å². The predicted molar refractivity (Wildman–Crippen MR) is 96.9 cm³/mol. The molecule has 5 nitrogen and oxygen atoms in total. The summed E-state index contributed by atoms with van der Waals surface area (Å²) < 4.78 is 5.89. The molecule has 6 heteroatoms. The molecular formula is C19H20N4OS. The molecule has 0 amide bonds. The normalized spacial score (nSPS) is 14.4. The van der Waals surface area contributed by atoms with Gasteiger partial charge in [-0.2, -0.15) is 0 Å². The summed E-state index contributed by atoms with van der Waals surface area (Å²) >= 11 is 1.72. The Kier molecular flexibility index (Phi) is 5.11. The number of pyridine rings is 2. The third-order valence-corrected chi connectivity index (χ3v) is 5.19. The molecule has 0 N–H and O–H groups in total. The molecule has 0 atom stereocenters. The molecule has 1 aliphatic heterocycles. The summed E-state index contributed by atoms with van der Waals surface area (Å²) in [7, 11) is 0. The highest BCUT2D eigenvalue weighted by molar-refractivity contribution is 7.09. The summed E-state index contributed by atoms with van der Waals surface area (Å²) in [6, 6.07) is 3.96. The minimum absolute atomic E-state index is 0.600. The van der Waals surface area contributed by atoms with Crippen molar-refractivity contribution < 1.29 is 4.74 Å². The zero-order chi connectivity index (χ0) is 16.9. The summed E-state index contributed by atoms with van der Waals surface area (Å²) in [6.07, 6.45) is 10.4. The van der Waals surface area contributed by atoms with Crippen LogP contribution in [-0.4, -0.2) is 26.4 Å². The number of thiazole rings is 1. The molecule has 0 aromatic carbocycles. The Hall–Kier alpha value is -2.15. The maximum atomic E-state index is 5.89. The fourth-order valence-electron chi connectivity index (χ4n) is 3.17. The second kappa shape index (κ2) is 7.82. The molecule has 0 spiro atoms. The first-order valence-electron chi connectivity index (χ1n) is 8.40. The molecule has 0 bridgehead atoms. The molecule has 4 heterocycles. The maximum Gasteiger partial charge on any atom is 0.107 e. The van der Waals surface area contributed by atoms with Gasteiger partial charge >= 0.3 is 0 Å². The quantitative estimate of drug-likeness (QED) is 0.682. The van der Waals surface area contributed by atoms with Gasteiger partial charge < -0.3 is 4.74 Å². The van der Waals surface area contributed by atoms with E-state index in [0.717, 1.165) is 31.6 Å². The molecule has 0 radical (unpaired) electrons. The molecule has 0 fully saturated rings. The number of ether oxygens (including phenoxy) is 1. The van der Waals surface area contributed by atoms with Crippen molar-refractivity contribution >= 4 is 11.3 Å². The van der Waals surface area contributed by atoms with Gasteiger partial charge in [-0.1, -0.05) is 0 Å². The Morgan fingerprint density at radius 2 is 2.00 bits per heavy atom. The van der Waals surface area contributed by atoms with Gasteiger partial charge in [0.15, 0.2) is 0 Å². The number of hydrogen-bond acceptors (Lipinski definition) is 6. The first-order chi connectivity index (χ1) is 12.4. The van der Waals surface area contributed by atoms with E-state index in [2.05, 4.69) is 19.9 Å². The van der Waals surface area contributed by atoms with Crippen LogP contribution in [-0.2, 0) is 37.5 Å². The molecule has 3 aromatic heterocycles. The Labute approximate surface area is 151 Å². The third-order valence-electron chi connectivity index (χ3n) is 4.43. The predicted octanol–water partition coefficient (Wildman–Crippen LogP) is 3.21. The molecule has 0 unspecified atom stereocenters. The van der Waals surface area contributed by atoms with Crippen molar-refractivity contribution in [3.8, 4) is 0 Å². The summed E-state index contributed by atoms with van der Waals surface area (Å²) in [5.74, 6) is 0. The molecule has 0 saturated heterocycles. The number of hydrogen-bond donors (Lipinski definition) is 0. The average molecular weight is 352 g/mol. The van der Waals surface area contributed by atoms with Crippen molar-refractivity contribution in [2.24, 2.45) is 0 Å². The van der Waals surface area contributed by atoms with Gasteiger partial charge in [0.1, 0.15) is 5.01 Å². The lowest BCUT2D eigenvalue weighted by Crippen LogP contribution is -2.30. The van der Waals surface area contributed by atoms with Gasteiger partial charge in [0, 0.05) is 49.5 Å². The smallest absolute Gasteiger partial charge is 0.107 e. The lowest BCUT2D eigenvalue weighted by Gasteiger charge is -2.29. The zero-order valence-electron chi connectivity index (χ0n) is 14.0. The SMILES string of the molecule is c1cc(COCc2cncc3c2CCN(Cc2nccs2)C3)ccn1. The van der Waals surface area contributed by atoms with Gasteiger partial charge in [-0.25, -0.2) is 4.98 Å². The van der Waals surface area contributed by atoms with Crippen LogP contribution < -0.4 is 0 Å². The highest BCUT2D eigenvalue weighted by Gasteiger charge is 2.20. The van der Waals surface area contributed by atoms with Crippen molar-refractivity contribution in [3.63, 3.8) is 0 Å². The van der Waals surface area contributed by atoms with E-state index >= 15 is 0 Å². The van der Waals surface area contributed by atoms with Gasteiger partial charge in [-0.15, -0.1) is 11.3 Å². The van der Waals surface area contributed by atoms with Crippen LogP contribution in [0.2, 0.25) is 0 Å². The second-order valence-corrected chi connectivity index (χ2v) is 7.15. The Morgan fingerprint density at radius 1 is 1.08 bits per heavy atom. The zero-order valence-corrected chi connectivity index (χ0v) is 14.8. The van der Waals surface area contributed by atoms with Crippen molar-refractivity contribution in [1.29, 1.82) is 0 Å². The van der Waals surface area contributed by atoms with E-state index in [4.69, 9.17) is 4.74 Å². The second-order valence-electron chi connectivity index (χ2n) is 6.17. The number of rotatable bonds is 6. The van der Waals surface area contributed by atoms with E-state index < -0.39 is 0 Å². The molecule has 1 aliphatic rings. The largest absolute Gasteiger partial charge is 0.372 e. The first kappa shape index (κ1) is 16.3. The van der Waals surface area contributed by atoms with Crippen LogP contribution in [0.25, 0.3) is 0 Å². The average Bonchev–Trinajstić information content (AvgIpc) is 3.16. The van der Waals surface area contributed by atoms with Gasteiger partial charge in [-0.3, -0.25) is 14.9 Å². The highest BCUT2D eigenvalue weighted by Crippen LogP contribution is 2.24. The number of aromatic nitrogens is 3. The van der Waals surface area contributed by atoms with E-state index in [-0.39, 0.29) is 0 Å². The van der Waals surface area contributed by atoms with E-state index in [1.54, 1.807) is 23.7 Å². The number of fused-ring (bicyclic) bond motifs is 1. The van der Waals surface area contributed by atoms with E-state index in [0.29, 0.717) is 13.2 Å². The van der Waals surface area contributed by atoms with Crippen LogP contribution in [0.3, 0.4) is 0 Å². The third kappa shape index (κ3) is 4.10. The minimum Gasteiger partial charge on any atom is -0.372 e. The summed E-state index contributed by atoms with van der Waals surface area (Å²) in [4.78, 5) is 15.3. The van der Waals surface area contributed by atoms with Gasteiger partial charge in [0.2, 0.25) is 0 Å². The summed E-state index contributed by atoms with van der Waals surface area (Å²) in [6.45, 7) is 4.10. The monoisotopic (exact) mass is 352 g/mol. The topological polar surface area (TPSA) is 51.1 Å². The van der Waals surface area contributed by atoms with Crippen LogP contribution in [0, 0.1) is 0 Å². The fraction of sp³-hybridized carbons (Fsp3) is 0.316. The maximum absolute atomic E-state index is 5.89.